The highest BCUT2D eigenvalue weighted by Gasteiger charge is 2.29. The standard InChI is InChI=1S/C8H16F3NO2S/c1-2-12-5-3-6-15(13,14)7-4-8(9,10)11/h12H,2-7H2,1H3. The van der Waals surface area contributed by atoms with Gasteiger partial charge in [0.25, 0.3) is 0 Å². The molecule has 0 saturated heterocycles. The van der Waals surface area contributed by atoms with Gasteiger partial charge in [0.15, 0.2) is 9.84 Å². The van der Waals surface area contributed by atoms with Gasteiger partial charge >= 0.3 is 6.18 Å². The summed E-state index contributed by atoms with van der Waals surface area (Å²) in [4.78, 5) is 0. The lowest BCUT2D eigenvalue weighted by molar-refractivity contribution is -0.129. The first-order valence-electron chi connectivity index (χ1n) is 4.75. The molecule has 1 N–H and O–H groups in total. The average molecular weight is 247 g/mol. The number of rotatable bonds is 7. The van der Waals surface area contributed by atoms with Crippen LogP contribution in [0.25, 0.3) is 0 Å². The van der Waals surface area contributed by atoms with Crippen LogP contribution in [-0.2, 0) is 9.84 Å². The second kappa shape index (κ2) is 6.32. The van der Waals surface area contributed by atoms with Crippen molar-refractivity contribution in [1.29, 1.82) is 0 Å². The second-order valence-corrected chi connectivity index (χ2v) is 5.53. The maximum atomic E-state index is 11.8. The maximum Gasteiger partial charge on any atom is 0.390 e. The third-order valence-electron chi connectivity index (χ3n) is 1.76. The molecule has 0 aromatic rings. The van der Waals surface area contributed by atoms with Crippen LogP contribution in [0.15, 0.2) is 0 Å². The van der Waals surface area contributed by atoms with E-state index in [9.17, 15) is 21.6 Å². The fraction of sp³-hybridized carbons (Fsp3) is 1.00. The molecule has 0 fully saturated rings. The van der Waals surface area contributed by atoms with Gasteiger partial charge in [-0.05, 0) is 19.5 Å². The van der Waals surface area contributed by atoms with E-state index >= 15 is 0 Å². The third-order valence-corrected chi connectivity index (χ3v) is 3.49. The number of hydrogen-bond acceptors (Lipinski definition) is 3. The van der Waals surface area contributed by atoms with Crippen molar-refractivity contribution in [3.8, 4) is 0 Å². The van der Waals surface area contributed by atoms with Gasteiger partial charge in [0.1, 0.15) is 0 Å². The summed E-state index contributed by atoms with van der Waals surface area (Å²) in [6.45, 7) is 3.11. The SMILES string of the molecule is CCNCCCS(=O)(=O)CCC(F)(F)F. The van der Waals surface area contributed by atoms with Gasteiger partial charge < -0.3 is 5.32 Å². The van der Waals surface area contributed by atoms with Crippen molar-refractivity contribution in [3.63, 3.8) is 0 Å². The second-order valence-electron chi connectivity index (χ2n) is 3.22. The molecule has 0 aliphatic carbocycles. The molecule has 7 heteroatoms. The Bertz CT molecular complexity index is 262. The molecule has 92 valence electrons. The molecule has 0 aliphatic heterocycles. The van der Waals surface area contributed by atoms with Crippen molar-refractivity contribution in [1.82, 2.24) is 5.32 Å². The first kappa shape index (κ1) is 14.7. The van der Waals surface area contributed by atoms with Crippen LogP contribution in [0.4, 0.5) is 13.2 Å². The monoisotopic (exact) mass is 247 g/mol. The van der Waals surface area contributed by atoms with Gasteiger partial charge in [0.2, 0.25) is 0 Å². The summed E-state index contributed by atoms with van der Waals surface area (Å²) >= 11 is 0. The van der Waals surface area contributed by atoms with Gasteiger partial charge in [-0.25, -0.2) is 8.42 Å². The van der Waals surface area contributed by atoms with E-state index in [0.29, 0.717) is 13.0 Å². The molecule has 0 radical (unpaired) electrons. The molecule has 3 nitrogen and oxygen atoms in total. The van der Waals surface area contributed by atoms with E-state index in [-0.39, 0.29) is 5.75 Å². The van der Waals surface area contributed by atoms with Crippen molar-refractivity contribution in [2.45, 2.75) is 25.9 Å². The van der Waals surface area contributed by atoms with Crippen LogP contribution in [0.1, 0.15) is 19.8 Å². The molecule has 0 bridgehead atoms. The van der Waals surface area contributed by atoms with Crippen LogP contribution in [-0.4, -0.2) is 39.2 Å². The molecule has 0 aromatic heterocycles. The highest BCUT2D eigenvalue weighted by atomic mass is 32.2. The summed E-state index contributed by atoms with van der Waals surface area (Å²) < 4.78 is 57.5. The number of hydrogen-bond donors (Lipinski definition) is 1. The average Bonchev–Trinajstić information content (AvgIpc) is 2.09. The minimum absolute atomic E-state index is 0.184. The lowest BCUT2D eigenvalue weighted by Gasteiger charge is -2.07. The largest absolute Gasteiger partial charge is 0.390 e. The highest BCUT2D eigenvalue weighted by Crippen LogP contribution is 2.20. The maximum absolute atomic E-state index is 11.8. The fourth-order valence-electron chi connectivity index (χ4n) is 0.967. The van der Waals surface area contributed by atoms with Gasteiger partial charge in [-0.2, -0.15) is 13.2 Å². The minimum atomic E-state index is -4.39. The highest BCUT2D eigenvalue weighted by molar-refractivity contribution is 7.91. The summed E-state index contributed by atoms with van der Waals surface area (Å²) in [5.41, 5.74) is 0. The summed E-state index contributed by atoms with van der Waals surface area (Å²) in [7, 11) is -3.56. The Hall–Kier alpha value is -0.300. The Morgan fingerprint density at radius 2 is 1.80 bits per heavy atom. The molecule has 0 unspecified atom stereocenters. The van der Waals surface area contributed by atoms with Gasteiger partial charge in [-0.3, -0.25) is 0 Å². The number of nitrogens with one attached hydrogen (secondary N) is 1. The van der Waals surface area contributed by atoms with Crippen LogP contribution < -0.4 is 5.32 Å². The molecule has 0 aromatic carbocycles. The Kier molecular flexibility index (Phi) is 6.19. The molecule has 0 spiro atoms. The molecular formula is C8H16F3NO2S. The topological polar surface area (TPSA) is 46.2 Å². The molecule has 0 amide bonds. The lowest BCUT2D eigenvalue weighted by Crippen LogP contribution is -2.21. The zero-order valence-corrected chi connectivity index (χ0v) is 9.42. The molecule has 15 heavy (non-hydrogen) atoms. The van der Waals surface area contributed by atoms with E-state index in [2.05, 4.69) is 5.32 Å². The van der Waals surface area contributed by atoms with Gasteiger partial charge in [0, 0.05) is 0 Å². The van der Waals surface area contributed by atoms with E-state index in [0.717, 1.165) is 6.54 Å². The van der Waals surface area contributed by atoms with E-state index < -0.39 is 28.2 Å². The molecule has 0 aliphatic rings. The van der Waals surface area contributed by atoms with Crippen molar-refractivity contribution in [2.24, 2.45) is 0 Å². The Labute approximate surface area is 88.0 Å². The molecular weight excluding hydrogens is 231 g/mol. The molecule has 0 rings (SSSR count). The summed E-state index contributed by atoms with van der Waals surface area (Å²) in [5.74, 6) is -0.987. The van der Waals surface area contributed by atoms with E-state index in [1.807, 2.05) is 6.92 Å². The van der Waals surface area contributed by atoms with Crippen LogP contribution in [0.5, 0.6) is 0 Å². The Balaban J connectivity index is 3.78. The quantitative estimate of drug-likeness (QED) is 0.691. The van der Waals surface area contributed by atoms with E-state index in [1.54, 1.807) is 0 Å². The predicted octanol–water partition coefficient (Wildman–Crippen LogP) is 1.35. The van der Waals surface area contributed by atoms with Gasteiger partial charge in [-0.15, -0.1) is 0 Å². The van der Waals surface area contributed by atoms with Crippen molar-refractivity contribution >= 4 is 9.84 Å². The van der Waals surface area contributed by atoms with E-state index in [4.69, 9.17) is 0 Å². The Morgan fingerprint density at radius 3 is 2.27 bits per heavy atom. The molecule has 0 atom stereocenters. The number of halogens is 3. The first-order chi connectivity index (χ1) is 6.77. The molecule has 0 heterocycles. The summed E-state index contributed by atoms with van der Waals surface area (Å²) in [6.07, 6.45) is -5.29. The zero-order valence-electron chi connectivity index (χ0n) is 8.60. The van der Waals surface area contributed by atoms with Crippen LogP contribution in [0.3, 0.4) is 0 Å². The van der Waals surface area contributed by atoms with Crippen molar-refractivity contribution in [3.05, 3.63) is 0 Å². The normalized spacial score (nSPS) is 13.1. The van der Waals surface area contributed by atoms with Gasteiger partial charge in [0.05, 0.1) is 17.9 Å². The van der Waals surface area contributed by atoms with Gasteiger partial charge in [-0.1, -0.05) is 6.92 Å². The number of alkyl halides is 3. The van der Waals surface area contributed by atoms with Crippen LogP contribution >= 0.6 is 0 Å². The minimum Gasteiger partial charge on any atom is -0.317 e. The first-order valence-corrected chi connectivity index (χ1v) is 6.57. The van der Waals surface area contributed by atoms with E-state index in [1.165, 1.54) is 0 Å². The van der Waals surface area contributed by atoms with Crippen molar-refractivity contribution in [2.75, 3.05) is 24.6 Å². The van der Waals surface area contributed by atoms with Crippen LogP contribution in [0, 0.1) is 0 Å². The predicted molar refractivity (Wildman–Crippen MR) is 52.5 cm³/mol. The number of sulfone groups is 1. The smallest absolute Gasteiger partial charge is 0.317 e. The zero-order chi connectivity index (χ0) is 11.9. The molecule has 0 saturated carbocycles. The Morgan fingerprint density at radius 1 is 1.20 bits per heavy atom. The fourth-order valence-corrected chi connectivity index (χ4v) is 2.30. The van der Waals surface area contributed by atoms with Crippen molar-refractivity contribution < 1.29 is 21.6 Å². The summed E-state index contributed by atoms with van der Waals surface area (Å²) in [5, 5.41) is 2.91. The third kappa shape index (κ3) is 9.99. The lowest BCUT2D eigenvalue weighted by atomic mass is 10.5. The van der Waals surface area contributed by atoms with Crippen LogP contribution in [0.2, 0.25) is 0 Å². The summed E-state index contributed by atoms with van der Waals surface area (Å²) in [6, 6.07) is 0.